The molecule has 0 radical (unpaired) electrons. The molecule has 1 atom stereocenters. The summed E-state index contributed by atoms with van der Waals surface area (Å²) >= 11 is 0. The average Bonchev–Trinajstić information content (AvgIpc) is 1.84. The Morgan fingerprint density at radius 3 is 2.33 bits per heavy atom. The summed E-state index contributed by atoms with van der Waals surface area (Å²) in [4.78, 5) is 0. The molecule has 2 heteroatoms. The topological polar surface area (TPSA) is 46.2 Å². The molecular formula is C10H23NO. The van der Waals surface area contributed by atoms with Crippen molar-refractivity contribution in [2.24, 2.45) is 5.73 Å². The predicted octanol–water partition coefficient (Wildman–Crippen LogP) is 2.06. The molecule has 1 unspecified atom stereocenters. The number of rotatable bonds is 6. The van der Waals surface area contributed by atoms with E-state index >= 15 is 0 Å². The normalized spacial score (nSPS) is 14.8. The maximum Gasteiger partial charge on any atom is 0.0557 e. The van der Waals surface area contributed by atoms with Crippen LogP contribution in [0.1, 0.15) is 52.9 Å². The quantitative estimate of drug-likeness (QED) is 0.604. The van der Waals surface area contributed by atoms with E-state index in [2.05, 4.69) is 6.92 Å². The Hall–Kier alpha value is -0.0800. The Labute approximate surface area is 76.2 Å². The molecule has 2 nitrogen and oxygen atoms in total. The average molecular weight is 173 g/mol. The van der Waals surface area contributed by atoms with Crippen LogP contribution in [0.2, 0.25) is 0 Å². The Bertz CT molecular complexity index is 107. The van der Waals surface area contributed by atoms with Gasteiger partial charge in [-0.3, -0.25) is 0 Å². The first kappa shape index (κ1) is 11.9. The third-order valence-corrected chi connectivity index (χ3v) is 1.90. The molecule has 12 heavy (non-hydrogen) atoms. The van der Waals surface area contributed by atoms with Gasteiger partial charge in [-0.25, -0.2) is 0 Å². The molecule has 0 spiro atoms. The first-order chi connectivity index (χ1) is 5.45. The molecule has 3 N–H and O–H groups in total. The lowest BCUT2D eigenvalue weighted by atomic mass is 9.95. The van der Waals surface area contributed by atoms with Crippen LogP contribution < -0.4 is 5.73 Å². The number of aliphatic hydroxyl groups excluding tert-OH is 1. The van der Waals surface area contributed by atoms with E-state index < -0.39 is 0 Å². The summed E-state index contributed by atoms with van der Waals surface area (Å²) in [6, 6.07) is 0. The molecule has 0 bridgehead atoms. The van der Waals surface area contributed by atoms with E-state index in [1.807, 2.05) is 13.8 Å². The van der Waals surface area contributed by atoms with Crippen molar-refractivity contribution in [1.82, 2.24) is 0 Å². The zero-order chi connectivity index (χ0) is 9.61. The summed E-state index contributed by atoms with van der Waals surface area (Å²) < 4.78 is 0. The third kappa shape index (κ3) is 8.02. The molecule has 0 saturated carbocycles. The molecule has 0 aliphatic carbocycles. The molecule has 0 aromatic heterocycles. The second kappa shape index (κ2) is 5.55. The van der Waals surface area contributed by atoms with E-state index in [-0.39, 0.29) is 11.6 Å². The zero-order valence-electron chi connectivity index (χ0n) is 8.64. The summed E-state index contributed by atoms with van der Waals surface area (Å²) in [6.07, 6.45) is 4.93. The monoisotopic (exact) mass is 173 g/mol. The number of nitrogens with two attached hydrogens (primary N) is 1. The first-order valence-electron chi connectivity index (χ1n) is 4.92. The molecule has 0 aliphatic heterocycles. The van der Waals surface area contributed by atoms with Gasteiger partial charge in [-0.05, 0) is 26.7 Å². The lowest BCUT2D eigenvalue weighted by Crippen LogP contribution is -2.36. The van der Waals surface area contributed by atoms with Crippen molar-refractivity contribution in [1.29, 1.82) is 0 Å². The first-order valence-corrected chi connectivity index (χ1v) is 4.92. The van der Waals surface area contributed by atoms with Crippen LogP contribution in [0.3, 0.4) is 0 Å². The van der Waals surface area contributed by atoms with Gasteiger partial charge in [0.25, 0.3) is 0 Å². The summed E-state index contributed by atoms with van der Waals surface area (Å²) in [7, 11) is 0. The van der Waals surface area contributed by atoms with Crippen molar-refractivity contribution >= 4 is 0 Å². The molecule has 74 valence electrons. The van der Waals surface area contributed by atoms with Crippen LogP contribution in [0.5, 0.6) is 0 Å². The minimum atomic E-state index is -0.231. The van der Waals surface area contributed by atoms with Crippen molar-refractivity contribution in [3.05, 3.63) is 0 Å². The Morgan fingerprint density at radius 1 is 1.33 bits per heavy atom. The van der Waals surface area contributed by atoms with Gasteiger partial charge in [0.2, 0.25) is 0 Å². The van der Waals surface area contributed by atoms with Gasteiger partial charge >= 0.3 is 0 Å². The summed E-state index contributed by atoms with van der Waals surface area (Å²) in [5, 5.41) is 9.53. The van der Waals surface area contributed by atoms with Gasteiger partial charge in [0, 0.05) is 5.54 Å². The highest BCUT2D eigenvalue weighted by atomic mass is 16.3. The van der Waals surface area contributed by atoms with Gasteiger partial charge in [-0.1, -0.05) is 26.2 Å². The van der Waals surface area contributed by atoms with Crippen molar-refractivity contribution < 1.29 is 5.11 Å². The SMILES string of the molecule is CCCCCC(O)CC(C)(C)N. The summed E-state index contributed by atoms with van der Waals surface area (Å²) in [6.45, 7) is 6.07. The van der Waals surface area contributed by atoms with Crippen LogP contribution in [0.25, 0.3) is 0 Å². The fourth-order valence-corrected chi connectivity index (χ4v) is 1.34. The molecule has 0 rings (SSSR count). The summed E-state index contributed by atoms with van der Waals surface area (Å²) in [5.41, 5.74) is 5.55. The third-order valence-electron chi connectivity index (χ3n) is 1.90. The number of hydrogen-bond acceptors (Lipinski definition) is 2. The fourth-order valence-electron chi connectivity index (χ4n) is 1.34. The van der Waals surface area contributed by atoms with Crippen LogP contribution >= 0.6 is 0 Å². The molecule has 0 saturated heterocycles. The molecule has 0 aliphatic rings. The number of hydrogen-bond donors (Lipinski definition) is 2. The van der Waals surface area contributed by atoms with E-state index in [1.165, 1.54) is 12.8 Å². The molecule has 0 aromatic carbocycles. The molecule has 0 fully saturated rings. The minimum Gasteiger partial charge on any atom is -0.393 e. The van der Waals surface area contributed by atoms with E-state index in [1.54, 1.807) is 0 Å². The second-order valence-corrected chi connectivity index (χ2v) is 4.34. The van der Waals surface area contributed by atoms with Crippen LogP contribution in [-0.2, 0) is 0 Å². The van der Waals surface area contributed by atoms with Crippen molar-refractivity contribution in [2.45, 2.75) is 64.5 Å². The van der Waals surface area contributed by atoms with Crippen LogP contribution in [0.4, 0.5) is 0 Å². The van der Waals surface area contributed by atoms with Gasteiger partial charge < -0.3 is 10.8 Å². The molecule has 0 heterocycles. The van der Waals surface area contributed by atoms with E-state index in [9.17, 15) is 5.11 Å². The standard InChI is InChI=1S/C10H23NO/c1-4-5-6-7-9(12)8-10(2,3)11/h9,12H,4-8,11H2,1-3H3. The zero-order valence-corrected chi connectivity index (χ0v) is 8.64. The van der Waals surface area contributed by atoms with E-state index in [4.69, 9.17) is 5.73 Å². The van der Waals surface area contributed by atoms with E-state index in [0.717, 1.165) is 12.8 Å². The van der Waals surface area contributed by atoms with Crippen molar-refractivity contribution in [3.8, 4) is 0 Å². The molecular weight excluding hydrogens is 150 g/mol. The van der Waals surface area contributed by atoms with Gasteiger partial charge in [0.15, 0.2) is 0 Å². The maximum atomic E-state index is 9.53. The number of aliphatic hydroxyl groups is 1. The van der Waals surface area contributed by atoms with Gasteiger partial charge in [-0.2, -0.15) is 0 Å². The minimum absolute atomic E-state index is 0.212. The van der Waals surface area contributed by atoms with Gasteiger partial charge in [-0.15, -0.1) is 0 Å². The predicted molar refractivity (Wildman–Crippen MR) is 53.0 cm³/mol. The Balaban J connectivity index is 3.40. The van der Waals surface area contributed by atoms with Crippen LogP contribution in [0.15, 0.2) is 0 Å². The largest absolute Gasteiger partial charge is 0.393 e. The van der Waals surface area contributed by atoms with Crippen LogP contribution in [0, 0.1) is 0 Å². The van der Waals surface area contributed by atoms with Gasteiger partial charge in [0.05, 0.1) is 6.10 Å². The van der Waals surface area contributed by atoms with Crippen molar-refractivity contribution in [2.75, 3.05) is 0 Å². The Kier molecular flexibility index (Phi) is 5.51. The Morgan fingerprint density at radius 2 is 1.92 bits per heavy atom. The second-order valence-electron chi connectivity index (χ2n) is 4.34. The highest BCUT2D eigenvalue weighted by molar-refractivity contribution is 4.75. The number of unbranched alkanes of at least 4 members (excludes halogenated alkanes) is 2. The lowest BCUT2D eigenvalue weighted by Gasteiger charge is -2.22. The molecule has 0 amide bonds. The maximum absolute atomic E-state index is 9.53. The van der Waals surface area contributed by atoms with Crippen molar-refractivity contribution in [3.63, 3.8) is 0 Å². The van der Waals surface area contributed by atoms with Crippen LogP contribution in [-0.4, -0.2) is 16.7 Å². The highest BCUT2D eigenvalue weighted by Crippen LogP contribution is 2.13. The smallest absolute Gasteiger partial charge is 0.0557 e. The van der Waals surface area contributed by atoms with Gasteiger partial charge in [0.1, 0.15) is 0 Å². The fraction of sp³-hybridized carbons (Fsp3) is 1.00. The molecule has 0 aromatic rings. The highest BCUT2D eigenvalue weighted by Gasteiger charge is 2.16. The summed E-state index contributed by atoms with van der Waals surface area (Å²) in [5.74, 6) is 0. The van der Waals surface area contributed by atoms with E-state index in [0.29, 0.717) is 6.42 Å². The lowest BCUT2D eigenvalue weighted by molar-refractivity contribution is 0.128.